The summed E-state index contributed by atoms with van der Waals surface area (Å²) in [6.45, 7) is 4.71. The van der Waals surface area contributed by atoms with Crippen molar-refractivity contribution in [3.05, 3.63) is 58.3 Å². The highest BCUT2D eigenvalue weighted by Crippen LogP contribution is 2.46. The van der Waals surface area contributed by atoms with Crippen molar-refractivity contribution < 1.29 is 31.1 Å². The van der Waals surface area contributed by atoms with Gasteiger partial charge in [0.05, 0.1) is 34.7 Å². The minimum absolute atomic E-state index is 0.0938. The van der Waals surface area contributed by atoms with Gasteiger partial charge >= 0.3 is 6.18 Å². The van der Waals surface area contributed by atoms with Gasteiger partial charge in [0.2, 0.25) is 0 Å². The molecule has 0 saturated carbocycles. The fourth-order valence-corrected chi connectivity index (χ4v) is 5.63. The van der Waals surface area contributed by atoms with Crippen LogP contribution in [-0.4, -0.2) is 36.4 Å². The van der Waals surface area contributed by atoms with E-state index in [0.29, 0.717) is 29.8 Å². The summed E-state index contributed by atoms with van der Waals surface area (Å²) in [4.78, 5) is 15.2. The smallest absolute Gasteiger partial charge is 0.327 e. The number of hydrogen-bond acceptors (Lipinski definition) is 3. The lowest BCUT2D eigenvalue weighted by Gasteiger charge is -2.45. The molecule has 1 fully saturated rings. The predicted octanol–water partition coefficient (Wildman–Crippen LogP) is 5.77. The van der Waals surface area contributed by atoms with E-state index in [1.165, 1.54) is 9.58 Å². The summed E-state index contributed by atoms with van der Waals surface area (Å²) in [7, 11) is 1.57. The normalized spacial score (nSPS) is 19.8. The van der Waals surface area contributed by atoms with Crippen LogP contribution >= 0.6 is 0 Å². The van der Waals surface area contributed by atoms with E-state index in [-0.39, 0.29) is 12.0 Å². The second-order valence-corrected chi connectivity index (χ2v) is 10.6. The largest absolute Gasteiger partial charge is 0.433 e. The van der Waals surface area contributed by atoms with Crippen molar-refractivity contribution in [1.82, 2.24) is 24.5 Å². The molecule has 0 spiro atoms. The predicted molar refractivity (Wildman–Crippen MR) is 121 cm³/mol. The van der Waals surface area contributed by atoms with Crippen LogP contribution in [0.3, 0.4) is 0 Å². The van der Waals surface area contributed by atoms with E-state index in [1.807, 2.05) is 0 Å². The standard InChI is InChI=1S/C25H25F6N5O/c1-24(2,3)36-22(25(29,30)31)15(11-32-36)23(37)35-13-6-5-7-18(35)20-14(10-13)21(34(4)33-20)12-8-16(26)19(28)17(27)9-12/h8-9,11,13,18H,5-7,10H2,1-4H3/t13-,18+/m1/s1. The van der Waals surface area contributed by atoms with Crippen molar-refractivity contribution in [3.8, 4) is 11.3 Å². The maximum atomic E-state index is 14.1. The Morgan fingerprint density at radius 2 is 1.70 bits per heavy atom. The van der Waals surface area contributed by atoms with Gasteiger partial charge < -0.3 is 4.90 Å². The summed E-state index contributed by atoms with van der Waals surface area (Å²) in [5.41, 5.74) is -1.06. The van der Waals surface area contributed by atoms with Crippen LogP contribution in [0.25, 0.3) is 11.3 Å². The molecule has 3 aromatic rings. The number of piperidine rings is 1. The van der Waals surface area contributed by atoms with Gasteiger partial charge in [0.15, 0.2) is 23.1 Å². The SMILES string of the molecule is Cn1nc2c(c1-c1cc(F)c(F)c(F)c1)C[C@H]1CCC[C@@H]2N1C(=O)c1cnn(C(C)(C)C)c1C(F)(F)F. The molecule has 0 N–H and O–H groups in total. The zero-order chi connectivity index (χ0) is 27.0. The molecular formula is C25H25F6N5O. The number of aryl methyl sites for hydroxylation is 1. The topological polar surface area (TPSA) is 56.0 Å². The Balaban J connectivity index is 1.60. The quantitative estimate of drug-likeness (QED) is 0.316. The Morgan fingerprint density at radius 1 is 1.05 bits per heavy atom. The second-order valence-electron chi connectivity index (χ2n) is 10.6. The number of nitrogens with zero attached hydrogens (tertiary/aromatic N) is 5. The first-order chi connectivity index (χ1) is 17.2. The number of benzene rings is 1. The highest BCUT2D eigenvalue weighted by atomic mass is 19.4. The number of carbonyl (C=O) groups excluding carboxylic acids is 1. The molecule has 0 radical (unpaired) electrons. The van der Waals surface area contributed by atoms with Gasteiger partial charge in [-0.3, -0.25) is 14.2 Å². The van der Waals surface area contributed by atoms with Crippen LogP contribution in [0, 0.1) is 17.5 Å². The van der Waals surface area contributed by atoms with Gasteiger partial charge in [0.25, 0.3) is 5.91 Å². The molecule has 1 aromatic carbocycles. The summed E-state index contributed by atoms with van der Waals surface area (Å²) >= 11 is 0. The van der Waals surface area contributed by atoms with Crippen LogP contribution < -0.4 is 0 Å². The Bertz CT molecular complexity index is 1380. The van der Waals surface area contributed by atoms with Crippen molar-refractivity contribution in [2.24, 2.45) is 7.05 Å². The number of rotatable bonds is 2. The average Bonchev–Trinajstić information content (AvgIpc) is 3.38. The lowest BCUT2D eigenvalue weighted by Crippen LogP contribution is -2.50. The van der Waals surface area contributed by atoms with Crippen molar-refractivity contribution in [3.63, 3.8) is 0 Å². The van der Waals surface area contributed by atoms with Crippen LogP contribution in [-0.2, 0) is 25.2 Å². The highest BCUT2D eigenvalue weighted by Gasteiger charge is 2.48. The Kier molecular flexibility index (Phi) is 5.72. The Morgan fingerprint density at radius 3 is 2.30 bits per heavy atom. The van der Waals surface area contributed by atoms with Crippen molar-refractivity contribution in [2.45, 2.75) is 70.3 Å². The van der Waals surface area contributed by atoms with Crippen LogP contribution in [0.4, 0.5) is 26.3 Å². The molecule has 2 aromatic heterocycles. The lowest BCUT2D eigenvalue weighted by atomic mass is 9.81. The molecule has 12 heteroatoms. The van der Waals surface area contributed by atoms with E-state index in [9.17, 15) is 31.1 Å². The lowest BCUT2D eigenvalue weighted by molar-refractivity contribution is -0.146. The summed E-state index contributed by atoms with van der Waals surface area (Å²) < 4.78 is 86.2. The molecule has 0 aliphatic carbocycles. The van der Waals surface area contributed by atoms with Gasteiger partial charge in [0, 0.05) is 24.2 Å². The summed E-state index contributed by atoms with van der Waals surface area (Å²) in [5.74, 6) is -5.04. The third-order valence-corrected chi connectivity index (χ3v) is 7.07. The number of amides is 1. The minimum atomic E-state index is -4.81. The fourth-order valence-electron chi connectivity index (χ4n) is 5.63. The minimum Gasteiger partial charge on any atom is -0.327 e. The Labute approximate surface area is 208 Å². The van der Waals surface area contributed by atoms with Gasteiger partial charge in [-0.2, -0.15) is 23.4 Å². The maximum absolute atomic E-state index is 14.1. The van der Waals surface area contributed by atoms with Gasteiger partial charge in [-0.15, -0.1) is 0 Å². The molecule has 198 valence electrons. The van der Waals surface area contributed by atoms with E-state index in [4.69, 9.17) is 0 Å². The molecule has 4 heterocycles. The molecular weight excluding hydrogens is 500 g/mol. The number of carbonyl (C=O) groups is 1. The van der Waals surface area contributed by atoms with E-state index < -0.39 is 58.4 Å². The molecule has 37 heavy (non-hydrogen) atoms. The number of hydrogen-bond donors (Lipinski definition) is 0. The first kappa shape index (κ1) is 25.3. The average molecular weight is 525 g/mol. The molecule has 2 atom stereocenters. The zero-order valence-electron chi connectivity index (χ0n) is 20.6. The molecule has 2 bridgehead atoms. The van der Waals surface area contributed by atoms with E-state index in [1.54, 1.807) is 27.8 Å². The highest BCUT2D eigenvalue weighted by molar-refractivity contribution is 5.96. The van der Waals surface area contributed by atoms with Crippen LogP contribution in [0.1, 0.15) is 73.4 Å². The summed E-state index contributed by atoms with van der Waals surface area (Å²) in [6.07, 6.45) is -1.87. The van der Waals surface area contributed by atoms with Crippen molar-refractivity contribution >= 4 is 5.91 Å². The molecule has 6 nitrogen and oxygen atoms in total. The van der Waals surface area contributed by atoms with E-state index in [0.717, 1.165) is 29.4 Å². The van der Waals surface area contributed by atoms with Gasteiger partial charge in [-0.1, -0.05) is 0 Å². The van der Waals surface area contributed by atoms with Crippen LogP contribution in [0.15, 0.2) is 18.3 Å². The Hall–Kier alpha value is -3.31. The number of halogens is 6. The summed E-state index contributed by atoms with van der Waals surface area (Å²) in [6, 6.07) is 0.707. The van der Waals surface area contributed by atoms with Crippen LogP contribution in [0.5, 0.6) is 0 Å². The number of alkyl halides is 3. The van der Waals surface area contributed by atoms with Crippen molar-refractivity contribution in [2.75, 3.05) is 0 Å². The monoisotopic (exact) mass is 525 g/mol. The summed E-state index contributed by atoms with van der Waals surface area (Å²) in [5, 5.41) is 8.43. The second kappa shape index (κ2) is 8.35. The van der Waals surface area contributed by atoms with Crippen LogP contribution in [0.2, 0.25) is 0 Å². The fraction of sp³-hybridized carbons (Fsp3) is 0.480. The molecule has 1 saturated heterocycles. The molecule has 2 aliphatic rings. The van der Waals surface area contributed by atoms with Crippen molar-refractivity contribution in [1.29, 1.82) is 0 Å². The van der Waals surface area contributed by atoms with Gasteiger partial charge in [-0.05, 0) is 58.6 Å². The zero-order valence-corrected chi connectivity index (χ0v) is 20.6. The number of fused-ring (bicyclic) bond motifs is 4. The van der Waals surface area contributed by atoms with E-state index in [2.05, 4.69) is 10.2 Å². The number of aromatic nitrogens is 4. The molecule has 1 amide bonds. The molecule has 0 unspecified atom stereocenters. The first-order valence-corrected chi connectivity index (χ1v) is 11.9. The molecule has 5 rings (SSSR count). The van der Waals surface area contributed by atoms with E-state index >= 15 is 0 Å². The third kappa shape index (κ3) is 4.00. The maximum Gasteiger partial charge on any atom is 0.433 e. The first-order valence-electron chi connectivity index (χ1n) is 11.9. The van der Waals surface area contributed by atoms with Gasteiger partial charge in [-0.25, -0.2) is 13.2 Å². The third-order valence-electron chi connectivity index (χ3n) is 7.07. The van der Waals surface area contributed by atoms with Gasteiger partial charge in [0.1, 0.15) is 0 Å². The molecule has 2 aliphatic heterocycles.